The summed E-state index contributed by atoms with van der Waals surface area (Å²) in [5.41, 5.74) is 2.74. The molecule has 0 saturated heterocycles. The first-order chi connectivity index (χ1) is 9.69. The van der Waals surface area contributed by atoms with E-state index < -0.39 is 0 Å². The normalized spacial score (nSPS) is 11.3. The van der Waals surface area contributed by atoms with Gasteiger partial charge in [0, 0.05) is 38.1 Å². The van der Waals surface area contributed by atoms with Crippen molar-refractivity contribution in [3.63, 3.8) is 0 Å². The third kappa shape index (κ3) is 2.39. The monoisotopic (exact) mass is 309 g/mol. The van der Waals surface area contributed by atoms with Gasteiger partial charge in [-0.1, -0.05) is 11.6 Å². The van der Waals surface area contributed by atoms with Crippen LogP contribution in [0.15, 0.2) is 24.5 Å². The highest BCUT2D eigenvalue weighted by Gasteiger charge is 2.12. The minimum absolute atomic E-state index is 0.347. The lowest BCUT2D eigenvalue weighted by Gasteiger charge is -2.07. The highest BCUT2D eigenvalue weighted by Crippen LogP contribution is 2.19. The molecule has 0 spiro atoms. The van der Waals surface area contributed by atoms with Gasteiger partial charge in [0.2, 0.25) is 0 Å². The Hall–Kier alpha value is -1.59. The van der Waals surface area contributed by atoms with Gasteiger partial charge in [-0.2, -0.15) is 5.10 Å². The fourth-order valence-electron chi connectivity index (χ4n) is 2.24. The van der Waals surface area contributed by atoms with E-state index >= 15 is 0 Å². The average molecular weight is 310 g/mol. The standard InChI is InChI=1S/C13H13Cl2N5/c1-19-10(2-4-17-19)3-5-20-12(7-14)18-11-6-9(15)8-16-13(11)20/h2,4,6,8H,3,5,7H2,1H3. The van der Waals surface area contributed by atoms with Crippen LogP contribution in [0.3, 0.4) is 0 Å². The van der Waals surface area contributed by atoms with Crippen LogP contribution in [0.1, 0.15) is 11.5 Å². The van der Waals surface area contributed by atoms with Gasteiger partial charge >= 0.3 is 0 Å². The lowest BCUT2D eigenvalue weighted by atomic mass is 10.3. The number of aromatic nitrogens is 5. The molecule has 0 aliphatic carbocycles. The van der Waals surface area contributed by atoms with Crippen LogP contribution in [0, 0.1) is 0 Å². The van der Waals surface area contributed by atoms with E-state index in [0.29, 0.717) is 10.9 Å². The molecule has 5 nitrogen and oxygen atoms in total. The molecule has 104 valence electrons. The molecule has 3 rings (SSSR count). The summed E-state index contributed by atoms with van der Waals surface area (Å²) in [5.74, 6) is 1.15. The SMILES string of the molecule is Cn1nccc1CCn1c(CCl)nc2cc(Cl)cnc21. The summed E-state index contributed by atoms with van der Waals surface area (Å²) in [4.78, 5) is 8.84. The average Bonchev–Trinajstić information content (AvgIpc) is 2.99. The van der Waals surface area contributed by atoms with Gasteiger partial charge in [0.15, 0.2) is 5.65 Å². The zero-order chi connectivity index (χ0) is 14.1. The van der Waals surface area contributed by atoms with E-state index in [1.165, 1.54) is 0 Å². The summed E-state index contributed by atoms with van der Waals surface area (Å²) in [6, 6.07) is 3.81. The number of fused-ring (bicyclic) bond motifs is 1. The maximum Gasteiger partial charge on any atom is 0.160 e. The molecule has 0 bridgehead atoms. The van der Waals surface area contributed by atoms with Crippen LogP contribution in [0.25, 0.3) is 11.2 Å². The maximum atomic E-state index is 5.97. The fourth-order valence-corrected chi connectivity index (χ4v) is 2.60. The number of imidazole rings is 1. The van der Waals surface area contributed by atoms with Crippen molar-refractivity contribution >= 4 is 34.4 Å². The van der Waals surface area contributed by atoms with Gasteiger partial charge in [-0.3, -0.25) is 4.68 Å². The van der Waals surface area contributed by atoms with Gasteiger partial charge in [0.25, 0.3) is 0 Å². The van der Waals surface area contributed by atoms with Crippen molar-refractivity contribution in [2.24, 2.45) is 7.05 Å². The summed E-state index contributed by atoms with van der Waals surface area (Å²) in [7, 11) is 1.93. The molecule has 0 fully saturated rings. The molecule has 7 heteroatoms. The van der Waals surface area contributed by atoms with Gasteiger partial charge < -0.3 is 4.57 Å². The molecule has 0 aromatic carbocycles. The second-order valence-corrected chi connectivity index (χ2v) is 5.21. The number of hydrogen-bond donors (Lipinski definition) is 0. The molecule has 3 aromatic heterocycles. The summed E-state index contributed by atoms with van der Waals surface area (Å²) < 4.78 is 3.90. The quantitative estimate of drug-likeness (QED) is 0.696. The number of nitrogens with zero attached hydrogens (tertiary/aromatic N) is 5. The zero-order valence-corrected chi connectivity index (χ0v) is 12.4. The first-order valence-corrected chi connectivity index (χ1v) is 7.14. The van der Waals surface area contributed by atoms with Crippen molar-refractivity contribution in [3.05, 3.63) is 41.1 Å². The second kappa shape index (κ2) is 5.42. The van der Waals surface area contributed by atoms with Crippen LogP contribution < -0.4 is 0 Å². The molecule has 0 atom stereocenters. The number of halogens is 2. The lowest BCUT2D eigenvalue weighted by molar-refractivity contribution is 0.631. The third-order valence-electron chi connectivity index (χ3n) is 3.26. The van der Waals surface area contributed by atoms with Crippen molar-refractivity contribution in [2.75, 3.05) is 0 Å². The van der Waals surface area contributed by atoms with Gasteiger partial charge in [0.1, 0.15) is 11.3 Å². The minimum Gasteiger partial charge on any atom is -0.311 e. The molecule has 0 aliphatic rings. The second-order valence-electron chi connectivity index (χ2n) is 4.51. The van der Waals surface area contributed by atoms with E-state index in [0.717, 1.165) is 35.6 Å². The highest BCUT2D eigenvalue weighted by molar-refractivity contribution is 6.31. The summed E-state index contributed by atoms with van der Waals surface area (Å²) in [6.45, 7) is 0.757. The molecular weight excluding hydrogens is 297 g/mol. The van der Waals surface area contributed by atoms with Crippen molar-refractivity contribution in [3.8, 4) is 0 Å². The number of aryl methyl sites for hydroxylation is 3. The first kappa shape index (κ1) is 13.4. The van der Waals surface area contributed by atoms with Crippen LogP contribution >= 0.6 is 23.2 Å². The van der Waals surface area contributed by atoms with Crippen molar-refractivity contribution in [1.29, 1.82) is 0 Å². The molecule has 0 amide bonds. The molecule has 0 aliphatic heterocycles. The molecule has 0 unspecified atom stereocenters. The Morgan fingerprint density at radius 2 is 2.20 bits per heavy atom. The van der Waals surface area contributed by atoms with Crippen LogP contribution in [0.4, 0.5) is 0 Å². The molecule has 3 aromatic rings. The molecule has 0 saturated carbocycles. The van der Waals surface area contributed by atoms with Gasteiger partial charge in [-0.15, -0.1) is 11.6 Å². The van der Waals surface area contributed by atoms with E-state index in [1.807, 2.05) is 22.4 Å². The fraction of sp³-hybridized carbons (Fsp3) is 0.308. The Labute approximate surface area is 126 Å². The van der Waals surface area contributed by atoms with Crippen molar-refractivity contribution in [1.82, 2.24) is 24.3 Å². The Morgan fingerprint density at radius 3 is 2.90 bits per heavy atom. The number of pyridine rings is 1. The van der Waals surface area contributed by atoms with E-state index in [4.69, 9.17) is 23.2 Å². The minimum atomic E-state index is 0.347. The van der Waals surface area contributed by atoms with Crippen molar-refractivity contribution in [2.45, 2.75) is 18.8 Å². The van der Waals surface area contributed by atoms with Gasteiger partial charge in [0.05, 0.1) is 10.9 Å². The number of rotatable bonds is 4. The zero-order valence-electron chi connectivity index (χ0n) is 10.9. The Bertz CT molecular complexity index is 746. The predicted octanol–water partition coefficient (Wildman–Crippen LogP) is 2.80. The summed E-state index contributed by atoms with van der Waals surface area (Å²) >= 11 is 11.9. The third-order valence-corrected chi connectivity index (χ3v) is 3.71. The summed E-state index contributed by atoms with van der Waals surface area (Å²) in [6.07, 6.45) is 4.27. The van der Waals surface area contributed by atoms with Crippen LogP contribution in [-0.4, -0.2) is 24.3 Å². The number of alkyl halides is 1. The Balaban J connectivity index is 1.95. The van der Waals surface area contributed by atoms with Gasteiger partial charge in [-0.05, 0) is 12.1 Å². The number of hydrogen-bond acceptors (Lipinski definition) is 3. The molecule has 20 heavy (non-hydrogen) atoms. The van der Waals surface area contributed by atoms with Crippen LogP contribution in [-0.2, 0) is 25.9 Å². The largest absolute Gasteiger partial charge is 0.311 e. The van der Waals surface area contributed by atoms with E-state index in [-0.39, 0.29) is 0 Å². The van der Waals surface area contributed by atoms with Gasteiger partial charge in [-0.25, -0.2) is 9.97 Å². The Morgan fingerprint density at radius 1 is 1.35 bits per heavy atom. The van der Waals surface area contributed by atoms with Crippen LogP contribution in [0.2, 0.25) is 5.02 Å². The lowest BCUT2D eigenvalue weighted by Crippen LogP contribution is -2.08. The maximum absolute atomic E-state index is 5.97. The summed E-state index contributed by atoms with van der Waals surface area (Å²) in [5, 5.41) is 4.74. The first-order valence-electron chi connectivity index (χ1n) is 6.22. The Kier molecular flexibility index (Phi) is 3.63. The molecule has 0 N–H and O–H groups in total. The molecular formula is C13H13Cl2N5. The van der Waals surface area contributed by atoms with E-state index in [1.54, 1.807) is 18.5 Å². The van der Waals surface area contributed by atoms with Crippen molar-refractivity contribution < 1.29 is 0 Å². The molecule has 3 heterocycles. The smallest absolute Gasteiger partial charge is 0.160 e. The van der Waals surface area contributed by atoms with Crippen LogP contribution in [0.5, 0.6) is 0 Å². The highest BCUT2D eigenvalue weighted by atomic mass is 35.5. The van der Waals surface area contributed by atoms with E-state index in [9.17, 15) is 0 Å². The predicted molar refractivity (Wildman–Crippen MR) is 79.0 cm³/mol. The topological polar surface area (TPSA) is 48.5 Å². The van der Waals surface area contributed by atoms with E-state index in [2.05, 4.69) is 15.1 Å². The molecule has 0 radical (unpaired) electrons.